The van der Waals surface area contributed by atoms with Crippen molar-refractivity contribution in [1.82, 2.24) is 4.98 Å². The number of para-hydroxylation sites is 1. The number of benzene rings is 2. The number of carboxylic acids is 1. The molecule has 0 unspecified atom stereocenters. The van der Waals surface area contributed by atoms with Crippen LogP contribution < -0.4 is 39.6 Å². The number of anilines is 1. The van der Waals surface area contributed by atoms with Gasteiger partial charge < -0.3 is 19.8 Å². The summed E-state index contributed by atoms with van der Waals surface area (Å²) in [6.45, 7) is 0.525. The molecule has 28 heavy (non-hydrogen) atoms. The number of nitrogens with one attached hydrogen (secondary N) is 1. The average molecular weight is 423 g/mol. The van der Waals surface area contributed by atoms with Crippen LogP contribution >= 0.6 is 23.2 Å². The Balaban J connectivity index is 0.00000225. The van der Waals surface area contributed by atoms with E-state index in [1.807, 2.05) is 30.3 Å². The molecule has 1 aliphatic rings. The molecule has 1 saturated heterocycles. The van der Waals surface area contributed by atoms with Gasteiger partial charge in [-0.3, -0.25) is 4.79 Å². The van der Waals surface area contributed by atoms with Crippen molar-refractivity contribution in [2.24, 2.45) is 0 Å². The van der Waals surface area contributed by atoms with Crippen LogP contribution in [0.4, 0.5) is 5.69 Å². The molecule has 3 aromatic rings. The summed E-state index contributed by atoms with van der Waals surface area (Å²) in [4.78, 5) is 28.8. The first kappa shape index (κ1) is 21.0. The van der Waals surface area contributed by atoms with Crippen LogP contribution in [-0.2, 0) is 4.79 Å². The Morgan fingerprint density at radius 2 is 1.89 bits per heavy atom. The second-order valence-corrected chi connectivity index (χ2v) is 7.07. The Hall–Kier alpha value is -1.76. The summed E-state index contributed by atoms with van der Waals surface area (Å²) in [6.07, 6.45) is 2.08. The van der Waals surface area contributed by atoms with Gasteiger partial charge in [-0.1, -0.05) is 41.4 Å². The number of aromatic amines is 1. The van der Waals surface area contributed by atoms with Gasteiger partial charge in [0.25, 0.3) is 5.91 Å². The Kier molecular flexibility index (Phi) is 6.22. The zero-order valence-electron chi connectivity index (χ0n) is 15.0. The standard InChI is InChI=1S/C20H14Cl2N2O3.Na/c21-12-9-15(22)17-14(18(20(26)27)23-16(17)10-12)8-11-6-7-24(19(11)25)13-4-2-1-3-5-13;/h1-5,8-10,23H,6-7H2,(H,26,27);/q;+1/p-1/b11-8+;. The minimum Gasteiger partial charge on any atom is -0.543 e. The van der Waals surface area contributed by atoms with Crippen molar-refractivity contribution in [3.05, 3.63) is 69.3 Å². The zero-order chi connectivity index (χ0) is 19.1. The molecule has 136 valence electrons. The summed E-state index contributed by atoms with van der Waals surface area (Å²) in [5, 5.41) is 12.8. The van der Waals surface area contributed by atoms with Crippen molar-refractivity contribution in [3.8, 4) is 0 Å². The molecular formula is C20H13Cl2N2NaO3. The van der Waals surface area contributed by atoms with Crippen molar-refractivity contribution >= 4 is 57.7 Å². The molecule has 1 amide bonds. The number of carbonyl (C=O) groups is 2. The fourth-order valence-electron chi connectivity index (χ4n) is 3.35. The molecule has 0 bridgehead atoms. The van der Waals surface area contributed by atoms with Gasteiger partial charge >= 0.3 is 29.6 Å². The molecule has 0 saturated carbocycles. The van der Waals surface area contributed by atoms with Crippen LogP contribution in [0.15, 0.2) is 48.0 Å². The Morgan fingerprint density at radius 3 is 2.57 bits per heavy atom. The first-order valence-electron chi connectivity index (χ1n) is 8.25. The van der Waals surface area contributed by atoms with Crippen molar-refractivity contribution in [2.45, 2.75) is 6.42 Å². The Morgan fingerprint density at radius 1 is 1.18 bits per heavy atom. The van der Waals surface area contributed by atoms with Gasteiger partial charge in [-0.25, -0.2) is 0 Å². The maximum absolute atomic E-state index is 12.8. The van der Waals surface area contributed by atoms with Gasteiger partial charge in [-0.2, -0.15) is 0 Å². The van der Waals surface area contributed by atoms with Gasteiger partial charge in [-0.05, 0) is 36.8 Å². The fourth-order valence-corrected chi connectivity index (χ4v) is 3.95. The summed E-state index contributed by atoms with van der Waals surface area (Å²) in [5.41, 5.74) is 1.98. The smallest absolute Gasteiger partial charge is 0.543 e. The first-order valence-corrected chi connectivity index (χ1v) is 9.01. The molecule has 5 nitrogen and oxygen atoms in total. The quantitative estimate of drug-likeness (QED) is 0.497. The van der Waals surface area contributed by atoms with Gasteiger partial charge in [0.15, 0.2) is 0 Å². The van der Waals surface area contributed by atoms with E-state index in [1.54, 1.807) is 17.0 Å². The van der Waals surface area contributed by atoms with Gasteiger partial charge in [-0.15, -0.1) is 0 Å². The molecule has 4 rings (SSSR count). The van der Waals surface area contributed by atoms with Crippen LogP contribution in [-0.4, -0.2) is 23.4 Å². The first-order chi connectivity index (χ1) is 13.0. The maximum atomic E-state index is 12.8. The molecule has 1 N–H and O–H groups in total. The monoisotopic (exact) mass is 422 g/mol. The minimum atomic E-state index is -1.38. The molecule has 0 spiro atoms. The Bertz CT molecular complexity index is 1110. The van der Waals surface area contributed by atoms with Crippen molar-refractivity contribution in [3.63, 3.8) is 0 Å². The number of carbonyl (C=O) groups excluding carboxylic acids is 2. The molecule has 1 fully saturated rings. The van der Waals surface area contributed by atoms with Crippen LogP contribution in [0.3, 0.4) is 0 Å². The fraction of sp³-hybridized carbons (Fsp3) is 0.100. The second-order valence-electron chi connectivity index (χ2n) is 6.22. The van der Waals surface area contributed by atoms with Crippen LogP contribution in [0.25, 0.3) is 17.0 Å². The van der Waals surface area contributed by atoms with E-state index in [4.69, 9.17) is 23.2 Å². The van der Waals surface area contributed by atoms with Gasteiger partial charge in [0.1, 0.15) is 0 Å². The molecule has 1 aromatic heterocycles. The molecule has 0 atom stereocenters. The van der Waals surface area contributed by atoms with E-state index in [9.17, 15) is 14.7 Å². The van der Waals surface area contributed by atoms with E-state index < -0.39 is 5.97 Å². The maximum Gasteiger partial charge on any atom is 1.00 e. The number of carboxylic acid groups (broad SMARTS) is 1. The van der Waals surface area contributed by atoms with Crippen molar-refractivity contribution in [2.75, 3.05) is 11.4 Å². The SMILES string of the molecule is O=C([O-])c1[nH]c2cc(Cl)cc(Cl)c2c1/C=C1\CCN(c2ccccc2)C1=O.[Na+]. The number of H-pyrrole nitrogens is 1. The molecule has 1 aliphatic heterocycles. The van der Waals surface area contributed by atoms with E-state index in [2.05, 4.69) is 4.98 Å². The third-order valence-electron chi connectivity index (χ3n) is 4.57. The number of amides is 1. The summed E-state index contributed by atoms with van der Waals surface area (Å²) >= 11 is 12.3. The average Bonchev–Trinajstić information content (AvgIpc) is 3.17. The van der Waals surface area contributed by atoms with Crippen LogP contribution in [0.5, 0.6) is 0 Å². The summed E-state index contributed by atoms with van der Waals surface area (Å²) in [5.74, 6) is -1.54. The molecule has 8 heteroatoms. The summed E-state index contributed by atoms with van der Waals surface area (Å²) < 4.78 is 0. The van der Waals surface area contributed by atoms with Crippen molar-refractivity contribution in [1.29, 1.82) is 0 Å². The molecule has 2 heterocycles. The van der Waals surface area contributed by atoms with Crippen molar-refractivity contribution < 1.29 is 44.3 Å². The van der Waals surface area contributed by atoms with Gasteiger partial charge in [0.05, 0.1) is 16.7 Å². The third-order valence-corrected chi connectivity index (χ3v) is 5.08. The topological polar surface area (TPSA) is 76.2 Å². The predicted molar refractivity (Wildman–Crippen MR) is 104 cm³/mol. The number of aromatic carboxylic acids is 1. The number of nitrogens with zero attached hydrogens (tertiary/aromatic N) is 1. The largest absolute Gasteiger partial charge is 1.00 e. The van der Waals surface area contributed by atoms with Crippen LogP contribution in [0, 0.1) is 0 Å². The number of halogens is 2. The summed E-state index contributed by atoms with van der Waals surface area (Å²) in [7, 11) is 0. The molecule has 0 radical (unpaired) electrons. The Labute approximate surface area is 193 Å². The van der Waals surface area contributed by atoms with Crippen LogP contribution in [0.1, 0.15) is 22.5 Å². The van der Waals surface area contributed by atoms with E-state index in [0.29, 0.717) is 45.1 Å². The zero-order valence-corrected chi connectivity index (χ0v) is 18.5. The third kappa shape index (κ3) is 3.73. The van der Waals surface area contributed by atoms with E-state index in [0.717, 1.165) is 5.69 Å². The number of hydrogen-bond acceptors (Lipinski definition) is 3. The molecule has 0 aliphatic carbocycles. The normalized spacial score (nSPS) is 15.3. The summed E-state index contributed by atoms with van der Waals surface area (Å²) in [6, 6.07) is 12.4. The minimum absolute atomic E-state index is 0. The van der Waals surface area contributed by atoms with E-state index in [-0.39, 0.29) is 41.2 Å². The van der Waals surface area contributed by atoms with Gasteiger partial charge in [0, 0.05) is 39.3 Å². The van der Waals surface area contributed by atoms with E-state index in [1.165, 1.54) is 6.07 Å². The molecular weight excluding hydrogens is 410 g/mol. The van der Waals surface area contributed by atoms with Crippen LogP contribution in [0.2, 0.25) is 10.0 Å². The number of aromatic nitrogens is 1. The number of fused-ring (bicyclic) bond motifs is 1. The second kappa shape index (κ2) is 8.31. The molecule has 2 aromatic carbocycles. The van der Waals surface area contributed by atoms with Gasteiger partial charge in [0.2, 0.25) is 0 Å². The van der Waals surface area contributed by atoms with E-state index >= 15 is 0 Å². The number of rotatable bonds is 3. The number of hydrogen-bond donors (Lipinski definition) is 1. The predicted octanol–water partition coefficient (Wildman–Crippen LogP) is 0.662.